The lowest BCUT2D eigenvalue weighted by molar-refractivity contribution is -0.386. The molecule has 1 amide bonds. The Labute approximate surface area is 150 Å². The summed E-state index contributed by atoms with van der Waals surface area (Å²) in [4.78, 5) is 32.6. The number of amides is 1. The molecule has 0 aliphatic rings. The number of ether oxygens (including phenoxy) is 3. The molecular weight excluding hydrogens is 348 g/mol. The molecule has 10 nitrogen and oxygen atoms in total. The first-order chi connectivity index (χ1) is 12.3. The lowest BCUT2D eigenvalue weighted by Gasteiger charge is -2.16. The van der Waals surface area contributed by atoms with E-state index in [1.807, 2.05) is 0 Å². The Morgan fingerprint density at radius 1 is 1.31 bits per heavy atom. The lowest BCUT2D eigenvalue weighted by Crippen LogP contribution is -2.21. The molecule has 2 N–H and O–H groups in total. The third-order valence-electron chi connectivity index (χ3n) is 3.48. The van der Waals surface area contributed by atoms with Gasteiger partial charge in [-0.2, -0.15) is 0 Å². The number of hydrogen-bond donors (Lipinski definition) is 2. The maximum Gasteiger partial charge on any atom is 0.407 e. The molecule has 10 heteroatoms. The zero-order chi connectivity index (χ0) is 19.7. The molecular formula is C16H22N2O8. The molecule has 0 aliphatic carbocycles. The van der Waals surface area contributed by atoms with Gasteiger partial charge in [0.15, 0.2) is 11.5 Å². The molecule has 1 aromatic carbocycles. The van der Waals surface area contributed by atoms with Crippen LogP contribution >= 0.6 is 0 Å². The number of carboxylic acid groups (broad SMARTS) is 1. The van der Waals surface area contributed by atoms with E-state index in [9.17, 15) is 19.7 Å². The Morgan fingerprint density at radius 2 is 2.00 bits per heavy atom. The topological polar surface area (TPSA) is 137 Å². The average Bonchev–Trinajstić information content (AvgIpc) is 2.60. The number of alkyl carbamates (subject to hydrolysis) is 1. The Hall–Kier alpha value is -3.04. The fourth-order valence-corrected chi connectivity index (χ4v) is 2.16. The van der Waals surface area contributed by atoms with Crippen LogP contribution in [0.1, 0.15) is 37.9 Å². The summed E-state index contributed by atoms with van der Waals surface area (Å²) in [6.07, 6.45) is -0.678. The van der Waals surface area contributed by atoms with Crippen LogP contribution in [0.25, 0.3) is 0 Å². The monoisotopic (exact) mass is 370 g/mol. The van der Waals surface area contributed by atoms with Crippen molar-refractivity contribution in [3.8, 4) is 11.5 Å². The fraction of sp³-hybridized carbons (Fsp3) is 0.500. The van der Waals surface area contributed by atoms with Crippen molar-refractivity contribution in [1.29, 1.82) is 0 Å². The number of carbonyl (C=O) groups is 2. The van der Waals surface area contributed by atoms with E-state index >= 15 is 0 Å². The van der Waals surface area contributed by atoms with Crippen molar-refractivity contribution in [2.45, 2.75) is 32.3 Å². The number of nitrogens with zero attached hydrogens (tertiary/aromatic N) is 1. The van der Waals surface area contributed by atoms with Gasteiger partial charge in [-0.15, -0.1) is 0 Å². The highest BCUT2D eigenvalue weighted by atomic mass is 16.6. The second-order valence-electron chi connectivity index (χ2n) is 5.32. The van der Waals surface area contributed by atoms with E-state index < -0.39 is 23.1 Å². The van der Waals surface area contributed by atoms with E-state index in [2.05, 4.69) is 5.32 Å². The summed E-state index contributed by atoms with van der Waals surface area (Å²) in [6, 6.07) is 2.59. The summed E-state index contributed by atoms with van der Waals surface area (Å²) in [5, 5.41) is 22.2. The quantitative estimate of drug-likeness (QED) is 0.364. The van der Waals surface area contributed by atoms with E-state index in [0.29, 0.717) is 12.8 Å². The number of carboxylic acids is 1. The number of benzene rings is 1. The molecule has 144 valence electrons. The number of nitrogens with one attached hydrogen (secondary N) is 1. The summed E-state index contributed by atoms with van der Waals surface area (Å²) in [5.41, 5.74) is -0.114. The molecule has 1 aromatic rings. The van der Waals surface area contributed by atoms with Crippen molar-refractivity contribution in [2.75, 3.05) is 20.8 Å². The summed E-state index contributed by atoms with van der Waals surface area (Å²) in [7, 11) is 2.76. The molecule has 0 saturated carbocycles. The second kappa shape index (κ2) is 10.1. The van der Waals surface area contributed by atoms with Gasteiger partial charge in [0.05, 0.1) is 30.3 Å². The molecule has 1 rings (SSSR count). The summed E-state index contributed by atoms with van der Waals surface area (Å²) >= 11 is 0. The summed E-state index contributed by atoms with van der Waals surface area (Å²) in [6.45, 7) is 1.69. The smallest absolute Gasteiger partial charge is 0.407 e. The first kappa shape index (κ1) is 21.0. The summed E-state index contributed by atoms with van der Waals surface area (Å²) in [5.74, 6) is -0.491. The van der Waals surface area contributed by atoms with Gasteiger partial charge in [-0.3, -0.25) is 14.9 Å². The minimum atomic E-state index is -0.896. The van der Waals surface area contributed by atoms with Gasteiger partial charge in [-0.05, 0) is 25.8 Å². The third kappa shape index (κ3) is 6.11. The molecule has 26 heavy (non-hydrogen) atoms. The Balaban J connectivity index is 2.99. The number of carbonyl (C=O) groups excluding carboxylic acids is 1. The van der Waals surface area contributed by atoms with Crippen LogP contribution < -0.4 is 14.8 Å². The first-order valence-corrected chi connectivity index (χ1v) is 7.89. The van der Waals surface area contributed by atoms with Gasteiger partial charge in [0.2, 0.25) is 0 Å². The van der Waals surface area contributed by atoms with Crippen LogP contribution in [0.5, 0.6) is 11.5 Å². The minimum Gasteiger partial charge on any atom is -0.493 e. The van der Waals surface area contributed by atoms with Crippen molar-refractivity contribution >= 4 is 17.7 Å². The predicted octanol–water partition coefficient (Wildman–Crippen LogP) is 2.65. The zero-order valence-corrected chi connectivity index (χ0v) is 14.8. The predicted molar refractivity (Wildman–Crippen MR) is 90.6 cm³/mol. The van der Waals surface area contributed by atoms with Crippen LogP contribution in [0, 0.1) is 10.1 Å². The van der Waals surface area contributed by atoms with Crippen LogP contribution in [0.3, 0.4) is 0 Å². The van der Waals surface area contributed by atoms with Crippen molar-refractivity contribution in [3.05, 3.63) is 27.8 Å². The van der Waals surface area contributed by atoms with Crippen LogP contribution in [-0.2, 0) is 9.53 Å². The van der Waals surface area contributed by atoms with Gasteiger partial charge in [0, 0.05) is 13.5 Å². The molecule has 0 aromatic heterocycles. The van der Waals surface area contributed by atoms with E-state index in [1.54, 1.807) is 0 Å². The van der Waals surface area contributed by atoms with Crippen molar-refractivity contribution in [3.63, 3.8) is 0 Å². The molecule has 0 heterocycles. The largest absolute Gasteiger partial charge is 0.493 e. The lowest BCUT2D eigenvalue weighted by atomic mass is 10.1. The van der Waals surface area contributed by atoms with Crippen molar-refractivity contribution in [1.82, 2.24) is 5.32 Å². The van der Waals surface area contributed by atoms with Gasteiger partial charge in [0.1, 0.15) is 6.10 Å². The standard InChI is InChI=1S/C16H22N2O8/c1-10(26-16(21)17-2)11-8-13(24-3)14(9-12(11)18(22)23)25-7-5-4-6-15(19)20/h8-10H,4-7H2,1-3H3,(H,17,21)(H,19,20). The van der Waals surface area contributed by atoms with Gasteiger partial charge < -0.3 is 24.6 Å². The number of aliphatic carboxylic acids is 1. The number of nitro benzene ring substituents is 1. The molecule has 0 bridgehead atoms. The van der Waals surface area contributed by atoms with Crippen LogP contribution in [0.4, 0.5) is 10.5 Å². The molecule has 0 radical (unpaired) electrons. The number of nitro groups is 1. The number of hydrogen-bond acceptors (Lipinski definition) is 7. The van der Waals surface area contributed by atoms with Crippen LogP contribution in [0.2, 0.25) is 0 Å². The molecule has 0 spiro atoms. The highest BCUT2D eigenvalue weighted by molar-refractivity contribution is 5.67. The second-order valence-corrected chi connectivity index (χ2v) is 5.32. The van der Waals surface area contributed by atoms with E-state index in [-0.39, 0.29) is 35.8 Å². The maximum absolute atomic E-state index is 11.4. The molecule has 0 fully saturated rings. The SMILES string of the molecule is CNC(=O)OC(C)c1cc(OC)c(OCCCCC(=O)O)cc1[N+](=O)[O-]. The van der Waals surface area contributed by atoms with Gasteiger partial charge >= 0.3 is 12.1 Å². The van der Waals surface area contributed by atoms with E-state index in [1.165, 1.54) is 33.2 Å². The number of methoxy groups -OCH3 is 1. The van der Waals surface area contributed by atoms with Gasteiger partial charge in [-0.1, -0.05) is 0 Å². The van der Waals surface area contributed by atoms with Crippen molar-refractivity contribution in [2.24, 2.45) is 0 Å². The minimum absolute atomic E-state index is 0.0218. The molecule has 1 unspecified atom stereocenters. The Morgan fingerprint density at radius 3 is 2.54 bits per heavy atom. The Bertz CT molecular complexity index is 662. The van der Waals surface area contributed by atoms with E-state index in [0.717, 1.165) is 0 Å². The summed E-state index contributed by atoms with van der Waals surface area (Å²) < 4.78 is 15.7. The van der Waals surface area contributed by atoms with Crippen LogP contribution in [-0.4, -0.2) is 42.9 Å². The fourth-order valence-electron chi connectivity index (χ4n) is 2.16. The van der Waals surface area contributed by atoms with Crippen molar-refractivity contribution < 1.29 is 33.8 Å². The zero-order valence-electron chi connectivity index (χ0n) is 14.8. The average molecular weight is 370 g/mol. The maximum atomic E-state index is 11.4. The van der Waals surface area contributed by atoms with Gasteiger partial charge in [0.25, 0.3) is 5.69 Å². The van der Waals surface area contributed by atoms with Crippen LogP contribution in [0.15, 0.2) is 12.1 Å². The Kier molecular flexibility index (Phi) is 8.13. The number of unbranched alkanes of at least 4 members (excludes halogenated alkanes) is 1. The normalized spacial score (nSPS) is 11.3. The van der Waals surface area contributed by atoms with Gasteiger partial charge in [-0.25, -0.2) is 4.79 Å². The molecule has 1 atom stereocenters. The highest BCUT2D eigenvalue weighted by Crippen LogP contribution is 2.38. The first-order valence-electron chi connectivity index (χ1n) is 7.89. The number of rotatable bonds is 10. The third-order valence-corrected chi connectivity index (χ3v) is 3.48. The molecule has 0 aliphatic heterocycles. The van der Waals surface area contributed by atoms with E-state index in [4.69, 9.17) is 19.3 Å². The molecule has 0 saturated heterocycles. The highest BCUT2D eigenvalue weighted by Gasteiger charge is 2.25.